The van der Waals surface area contributed by atoms with Gasteiger partial charge in [0.05, 0.1) is 12.6 Å². The molecule has 2 fully saturated rings. The lowest BCUT2D eigenvalue weighted by Gasteiger charge is -2.23. The third-order valence-electron chi connectivity index (χ3n) is 4.37. The highest BCUT2D eigenvalue weighted by Gasteiger charge is 2.33. The first-order chi connectivity index (χ1) is 10.3. The molecular formula is C17H26ClN3O. The Morgan fingerprint density at radius 3 is 2.73 bits per heavy atom. The SMILES string of the molecule is Cl.O=C(CN1CCCNCC1)NC(c1ccccc1)C1CC1. The van der Waals surface area contributed by atoms with Crippen molar-refractivity contribution in [1.29, 1.82) is 0 Å². The van der Waals surface area contributed by atoms with Crippen LogP contribution in [0.15, 0.2) is 30.3 Å². The van der Waals surface area contributed by atoms with Crippen molar-refractivity contribution in [3.8, 4) is 0 Å². The molecule has 5 heteroatoms. The summed E-state index contributed by atoms with van der Waals surface area (Å²) in [5.74, 6) is 0.791. The number of hydrogen-bond acceptors (Lipinski definition) is 3. The Balaban J connectivity index is 0.00000176. The fourth-order valence-corrected chi connectivity index (χ4v) is 3.05. The van der Waals surface area contributed by atoms with E-state index in [1.54, 1.807) is 0 Å². The molecule has 0 aromatic heterocycles. The van der Waals surface area contributed by atoms with Crippen molar-refractivity contribution in [2.45, 2.75) is 25.3 Å². The predicted octanol–water partition coefficient (Wildman–Crippen LogP) is 1.97. The van der Waals surface area contributed by atoms with Crippen molar-refractivity contribution in [3.05, 3.63) is 35.9 Å². The van der Waals surface area contributed by atoms with Gasteiger partial charge in [-0.1, -0.05) is 30.3 Å². The highest BCUT2D eigenvalue weighted by Crippen LogP contribution is 2.40. The van der Waals surface area contributed by atoms with E-state index in [2.05, 4.69) is 39.8 Å². The molecule has 4 nitrogen and oxygen atoms in total. The zero-order valence-electron chi connectivity index (χ0n) is 13.0. The Hall–Kier alpha value is -1.10. The number of carbonyl (C=O) groups is 1. The van der Waals surface area contributed by atoms with Crippen LogP contribution in [0.25, 0.3) is 0 Å². The summed E-state index contributed by atoms with van der Waals surface area (Å²) in [4.78, 5) is 14.6. The molecule has 1 aliphatic carbocycles. The van der Waals surface area contributed by atoms with Crippen molar-refractivity contribution in [1.82, 2.24) is 15.5 Å². The lowest BCUT2D eigenvalue weighted by Crippen LogP contribution is -2.40. The van der Waals surface area contributed by atoms with Gasteiger partial charge in [0.25, 0.3) is 0 Å². The van der Waals surface area contributed by atoms with Crippen LogP contribution in [0.4, 0.5) is 0 Å². The summed E-state index contributed by atoms with van der Waals surface area (Å²) in [6.07, 6.45) is 3.58. The van der Waals surface area contributed by atoms with Crippen molar-refractivity contribution in [3.63, 3.8) is 0 Å². The number of benzene rings is 1. The van der Waals surface area contributed by atoms with Crippen molar-refractivity contribution in [2.75, 3.05) is 32.7 Å². The van der Waals surface area contributed by atoms with E-state index in [9.17, 15) is 4.79 Å². The van der Waals surface area contributed by atoms with Crippen LogP contribution >= 0.6 is 12.4 Å². The van der Waals surface area contributed by atoms with Gasteiger partial charge in [-0.3, -0.25) is 9.69 Å². The zero-order chi connectivity index (χ0) is 14.5. The highest BCUT2D eigenvalue weighted by atomic mass is 35.5. The molecule has 22 heavy (non-hydrogen) atoms. The monoisotopic (exact) mass is 323 g/mol. The van der Waals surface area contributed by atoms with Crippen LogP contribution in [-0.4, -0.2) is 43.5 Å². The van der Waals surface area contributed by atoms with Crippen LogP contribution in [0.1, 0.15) is 30.9 Å². The zero-order valence-corrected chi connectivity index (χ0v) is 13.8. The van der Waals surface area contributed by atoms with Crippen LogP contribution in [0, 0.1) is 5.92 Å². The lowest BCUT2D eigenvalue weighted by atomic mass is 10.0. The third kappa shape index (κ3) is 4.97. The van der Waals surface area contributed by atoms with Crippen LogP contribution in [-0.2, 0) is 4.79 Å². The molecule has 2 aliphatic rings. The summed E-state index contributed by atoms with van der Waals surface area (Å²) >= 11 is 0. The average molecular weight is 324 g/mol. The molecule has 1 aromatic rings. The molecule has 1 aromatic carbocycles. The van der Waals surface area contributed by atoms with E-state index in [4.69, 9.17) is 0 Å². The molecule has 1 unspecified atom stereocenters. The molecule has 122 valence electrons. The summed E-state index contributed by atoms with van der Waals surface area (Å²) in [5.41, 5.74) is 1.24. The van der Waals surface area contributed by atoms with Gasteiger partial charge >= 0.3 is 0 Å². The molecule has 0 bridgehead atoms. The van der Waals surface area contributed by atoms with E-state index in [0.717, 1.165) is 32.6 Å². The van der Waals surface area contributed by atoms with Gasteiger partial charge in [0.2, 0.25) is 5.91 Å². The lowest BCUT2D eigenvalue weighted by molar-refractivity contribution is -0.123. The summed E-state index contributed by atoms with van der Waals surface area (Å²) < 4.78 is 0. The van der Waals surface area contributed by atoms with Gasteiger partial charge in [-0.05, 0) is 43.8 Å². The molecule has 1 saturated carbocycles. The Morgan fingerprint density at radius 2 is 2.00 bits per heavy atom. The first-order valence-corrected chi connectivity index (χ1v) is 8.10. The van der Waals surface area contributed by atoms with Crippen LogP contribution < -0.4 is 10.6 Å². The maximum Gasteiger partial charge on any atom is 0.234 e. The molecule has 1 aliphatic heterocycles. The fourth-order valence-electron chi connectivity index (χ4n) is 3.05. The minimum absolute atomic E-state index is 0. The number of halogens is 1. The van der Waals surface area contributed by atoms with Gasteiger partial charge in [0.1, 0.15) is 0 Å². The minimum Gasteiger partial charge on any atom is -0.348 e. The first-order valence-electron chi connectivity index (χ1n) is 8.10. The molecule has 1 heterocycles. The number of hydrogen-bond donors (Lipinski definition) is 2. The van der Waals surface area contributed by atoms with Gasteiger partial charge in [-0.15, -0.1) is 12.4 Å². The largest absolute Gasteiger partial charge is 0.348 e. The Labute approximate surface area is 139 Å². The minimum atomic E-state index is 0. The molecule has 1 saturated heterocycles. The van der Waals surface area contributed by atoms with Gasteiger partial charge in [0.15, 0.2) is 0 Å². The number of nitrogens with zero attached hydrogens (tertiary/aromatic N) is 1. The number of carbonyl (C=O) groups excluding carboxylic acids is 1. The summed E-state index contributed by atoms with van der Waals surface area (Å²) in [7, 11) is 0. The second-order valence-electron chi connectivity index (χ2n) is 6.17. The third-order valence-corrected chi connectivity index (χ3v) is 4.37. The first kappa shape index (κ1) is 17.3. The summed E-state index contributed by atoms with van der Waals surface area (Å²) in [5, 5.41) is 6.63. The van der Waals surface area contributed by atoms with Gasteiger partial charge < -0.3 is 10.6 Å². The molecular weight excluding hydrogens is 298 g/mol. The molecule has 1 atom stereocenters. The van der Waals surface area contributed by atoms with Crippen LogP contribution in [0.2, 0.25) is 0 Å². The predicted molar refractivity (Wildman–Crippen MR) is 91.2 cm³/mol. The average Bonchev–Trinajstić information content (AvgIpc) is 3.33. The van der Waals surface area contributed by atoms with E-state index in [1.165, 1.54) is 18.4 Å². The quantitative estimate of drug-likeness (QED) is 0.871. The number of nitrogens with one attached hydrogen (secondary N) is 2. The van der Waals surface area contributed by atoms with Crippen molar-refractivity contribution >= 4 is 18.3 Å². The van der Waals surface area contributed by atoms with E-state index in [1.807, 2.05) is 6.07 Å². The maximum absolute atomic E-state index is 12.4. The Morgan fingerprint density at radius 1 is 1.23 bits per heavy atom. The molecule has 2 N–H and O–H groups in total. The smallest absolute Gasteiger partial charge is 0.234 e. The Bertz CT molecular complexity index is 456. The number of amides is 1. The fraction of sp³-hybridized carbons (Fsp3) is 0.588. The van der Waals surface area contributed by atoms with Gasteiger partial charge in [-0.25, -0.2) is 0 Å². The molecule has 3 rings (SSSR count). The second-order valence-corrected chi connectivity index (χ2v) is 6.17. The maximum atomic E-state index is 12.4. The van der Waals surface area contributed by atoms with Gasteiger partial charge in [0, 0.05) is 13.1 Å². The summed E-state index contributed by atoms with van der Waals surface area (Å²) in [6.45, 7) is 4.55. The second kappa shape index (κ2) is 8.51. The topological polar surface area (TPSA) is 44.4 Å². The van der Waals surface area contributed by atoms with Crippen molar-refractivity contribution < 1.29 is 4.79 Å². The van der Waals surface area contributed by atoms with E-state index in [0.29, 0.717) is 12.5 Å². The number of rotatable bonds is 5. The summed E-state index contributed by atoms with van der Waals surface area (Å²) in [6, 6.07) is 10.6. The van der Waals surface area contributed by atoms with Crippen molar-refractivity contribution in [2.24, 2.45) is 5.92 Å². The standard InChI is InChI=1S/C17H25N3O.ClH/c21-16(13-20-11-4-9-18-10-12-20)19-17(15-7-8-15)14-5-2-1-3-6-14;/h1-3,5-6,15,17-18H,4,7-13H2,(H,19,21);1H. The van der Waals surface area contributed by atoms with Gasteiger partial charge in [-0.2, -0.15) is 0 Å². The van der Waals surface area contributed by atoms with E-state index >= 15 is 0 Å². The van der Waals surface area contributed by atoms with Crippen LogP contribution in [0.5, 0.6) is 0 Å². The molecule has 0 spiro atoms. The molecule has 0 radical (unpaired) electrons. The molecule has 1 amide bonds. The highest BCUT2D eigenvalue weighted by molar-refractivity contribution is 5.85. The normalized spacial score (nSPS) is 20.5. The van der Waals surface area contributed by atoms with Crippen LogP contribution in [0.3, 0.4) is 0 Å². The van der Waals surface area contributed by atoms with E-state index < -0.39 is 0 Å². The Kier molecular flexibility index (Phi) is 6.68. The van der Waals surface area contributed by atoms with E-state index in [-0.39, 0.29) is 24.4 Å².